The molecular formula is C30H42N2O5. The summed E-state index contributed by atoms with van der Waals surface area (Å²) in [5.41, 5.74) is 1.36. The number of hydrogen-bond donors (Lipinski definition) is 3. The minimum Gasteiger partial charge on any atom is -0.480 e. The molecule has 7 heteroatoms. The number of rotatable bonds is 19. The first-order chi connectivity index (χ1) is 17.9. The van der Waals surface area contributed by atoms with Gasteiger partial charge in [-0.05, 0) is 36.0 Å². The Morgan fingerprint density at radius 2 is 1.27 bits per heavy atom. The Hall–Kier alpha value is -3.29. The summed E-state index contributed by atoms with van der Waals surface area (Å²) in [6.45, 7) is 1.70. The van der Waals surface area contributed by atoms with Crippen LogP contribution in [-0.4, -0.2) is 46.0 Å². The van der Waals surface area contributed by atoms with E-state index in [0.29, 0.717) is 12.1 Å². The second kappa shape index (κ2) is 20.9. The zero-order valence-corrected chi connectivity index (χ0v) is 22.2. The molecule has 0 bridgehead atoms. The highest BCUT2D eigenvalue weighted by molar-refractivity contribution is 5.90. The molecule has 37 heavy (non-hydrogen) atoms. The maximum atomic E-state index is 12.1. The van der Waals surface area contributed by atoms with Crippen LogP contribution in [0.5, 0.6) is 0 Å². The van der Waals surface area contributed by atoms with Crippen LogP contribution in [0.25, 0.3) is 0 Å². The molecule has 1 aromatic rings. The molecule has 0 radical (unpaired) electrons. The number of unbranched alkanes of at least 4 members (excludes halogenated alkanes) is 10. The Labute approximate surface area is 222 Å². The highest BCUT2D eigenvalue weighted by Gasteiger charge is 2.14. The van der Waals surface area contributed by atoms with Gasteiger partial charge in [0.1, 0.15) is 0 Å². The normalized spacial score (nSPS) is 10.2. The summed E-state index contributed by atoms with van der Waals surface area (Å²) in [6, 6.07) is 6.88. The number of carbonyl (C=O) groups excluding carboxylic acids is 1. The van der Waals surface area contributed by atoms with Crippen LogP contribution in [0.4, 0.5) is 5.69 Å². The van der Waals surface area contributed by atoms with Crippen LogP contribution in [0.1, 0.15) is 96.0 Å². The topological polar surface area (TPSA) is 107 Å². The third-order valence-electron chi connectivity index (χ3n) is 5.73. The molecule has 0 saturated heterocycles. The molecule has 3 N–H and O–H groups in total. The zero-order chi connectivity index (χ0) is 27.1. The van der Waals surface area contributed by atoms with Crippen molar-refractivity contribution < 1.29 is 24.6 Å². The standard InChI is InChI=1S/C30H42N2O5/c1-2-3-4-5-6-7-8-9-10-11-12-13-14-15-16-17-18-28(33)31-27-21-19-26(20-22-27)23-32(24-29(34)35)25-30(36)37/h19-22H,2-12,17-18,23-25H2,1H3,(H,31,33)(H,34,35)(H,36,37). The predicted molar refractivity (Wildman–Crippen MR) is 147 cm³/mol. The number of aliphatic carboxylic acids is 2. The lowest BCUT2D eigenvalue weighted by Gasteiger charge is -2.18. The number of nitrogens with one attached hydrogen (secondary N) is 1. The molecule has 0 aliphatic carbocycles. The van der Waals surface area contributed by atoms with Gasteiger partial charge in [-0.15, -0.1) is 0 Å². The summed E-state index contributed by atoms with van der Waals surface area (Å²) in [6.07, 6.45) is 14.6. The minimum atomic E-state index is -1.09. The van der Waals surface area contributed by atoms with Gasteiger partial charge in [0, 0.05) is 31.5 Å². The van der Waals surface area contributed by atoms with Gasteiger partial charge in [0.25, 0.3) is 0 Å². The fourth-order valence-electron chi connectivity index (χ4n) is 3.82. The number of carboxylic acids is 2. The lowest BCUT2D eigenvalue weighted by Crippen LogP contribution is -2.33. The zero-order valence-electron chi connectivity index (χ0n) is 22.2. The molecule has 202 valence electrons. The van der Waals surface area contributed by atoms with Crippen LogP contribution in [0.3, 0.4) is 0 Å². The smallest absolute Gasteiger partial charge is 0.317 e. The summed E-state index contributed by atoms with van der Waals surface area (Å²) in [5, 5.41) is 20.7. The van der Waals surface area contributed by atoms with Crippen molar-refractivity contribution >= 4 is 23.5 Å². The monoisotopic (exact) mass is 510 g/mol. The first-order valence-corrected chi connectivity index (χ1v) is 13.4. The molecule has 0 fully saturated rings. The summed E-state index contributed by atoms with van der Waals surface area (Å²) >= 11 is 0. The van der Waals surface area contributed by atoms with E-state index in [2.05, 4.69) is 35.9 Å². The number of hydrogen-bond acceptors (Lipinski definition) is 4. The van der Waals surface area contributed by atoms with E-state index in [1.807, 2.05) is 0 Å². The number of amides is 1. The van der Waals surface area contributed by atoms with Crippen LogP contribution in [0.2, 0.25) is 0 Å². The molecule has 7 nitrogen and oxygen atoms in total. The average molecular weight is 511 g/mol. The summed E-state index contributed by atoms with van der Waals surface area (Å²) < 4.78 is 0. The first-order valence-electron chi connectivity index (χ1n) is 13.4. The molecule has 1 aromatic carbocycles. The Bertz CT molecular complexity index is 919. The van der Waals surface area contributed by atoms with E-state index in [1.54, 1.807) is 24.3 Å². The van der Waals surface area contributed by atoms with Crippen LogP contribution >= 0.6 is 0 Å². The number of carbonyl (C=O) groups is 3. The van der Waals surface area contributed by atoms with Crippen LogP contribution in [-0.2, 0) is 20.9 Å². The average Bonchev–Trinajstić information content (AvgIpc) is 2.84. The van der Waals surface area contributed by atoms with E-state index in [0.717, 1.165) is 18.4 Å². The quantitative estimate of drug-likeness (QED) is 0.163. The SMILES string of the molecule is CCCCCCCCCCCCC#CC#CCCC(=O)Nc1ccc(CN(CC(=O)O)CC(=O)O)cc1. The third kappa shape index (κ3) is 18.6. The molecule has 0 heterocycles. The van der Waals surface area contributed by atoms with Gasteiger partial charge < -0.3 is 15.5 Å². The molecule has 0 aliphatic heterocycles. The molecule has 0 aliphatic rings. The molecular weight excluding hydrogens is 468 g/mol. The van der Waals surface area contributed by atoms with Crippen molar-refractivity contribution in [2.45, 2.75) is 96.9 Å². The summed E-state index contributed by atoms with van der Waals surface area (Å²) in [7, 11) is 0. The number of carboxylic acid groups (broad SMARTS) is 2. The van der Waals surface area contributed by atoms with E-state index in [1.165, 1.54) is 62.7 Å². The highest BCUT2D eigenvalue weighted by Crippen LogP contribution is 2.13. The van der Waals surface area contributed by atoms with E-state index < -0.39 is 11.9 Å². The Kier molecular flexibility index (Phi) is 17.9. The van der Waals surface area contributed by atoms with Gasteiger partial charge in [-0.25, -0.2) is 0 Å². The lowest BCUT2D eigenvalue weighted by atomic mass is 10.1. The first kappa shape index (κ1) is 31.7. The summed E-state index contributed by atoms with van der Waals surface area (Å²) in [5.74, 6) is 9.35. The number of benzene rings is 1. The van der Waals surface area contributed by atoms with Gasteiger partial charge in [-0.2, -0.15) is 0 Å². The van der Waals surface area contributed by atoms with Crippen LogP contribution in [0, 0.1) is 23.7 Å². The third-order valence-corrected chi connectivity index (χ3v) is 5.73. The molecule has 0 atom stereocenters. The van der Waals surface area contributed by atoms with Crippen LogP contribution in [0.15, 0.2) is 24.3 Å². The maximum Gasteiger partial charge on any atom is 0.317 e. The second-order valence-electron chi connectivity index (χ2n) is 9.21. The Balaban J connectivity index is 2.19. The Morgan fingerprint density at radius 1 is 0.757 bits per heavy atom. The van der Waals surface area contributed by atoms with Gasteiger partial charge in [0.2, 0.25) is 5.91 Å². The molecule has 1 amide bonds. The highest BCUT2D eigenvalue weighted by atomic mass is 16.4. The van der Waals surface area contributed by atoms with Crippen molar-refractivity contribution in [2.24, 2.45) is 0 Å². The number of anilines is 1. The van der Waals surface area contributed by atoms with E-state index in [-0.39, 0.29) is 32.0 Å². The van der Waals surface area contributed by atoms with Crippen molar-refractivity contribution in [3.05, 3.63) is 29.8 Å². The van der Waals surface area contributed by atoms with Gasteiger partial charge in [0.15, 0.2) is 0 Å². The van der Waals surface area contributed by atoms with Crippen molar-refractivity contribution in [3.8, 4) is 23.7 Å². The van der Waals surface area contributed by atoms with Crippen molar-refractivity contribution in [1.29, 1.82) is 0 Å². The van der Waals surface area contributed by atoms with Gasteiger partial charge in [-0.3, -0.25) is 19.3 Å². The van der Waals surface area contributed by atoms with Gasteiger partial charge in [0.05, 0.1) is 13.1 Å². The van der Waals surface area contributed by atoms with Gasteiger partial charge in [-0.1, -0.05) is 88.7 Å². The van der Waals surface area contributed by atoms with Crippen molar-refractivity contribution in [3.63, 3.8) is 0 Å². The van der Waals surface area contributed by atoms with Crippen molar-refractivity contribution in [1.82, 2.24) is 4.90 Å². The minimum absolute atomic E-state index is 0.154. The van der Waals surface area contributed by atoms with Crippen molar-refractivity contribution in [2.75, 3.05) is 18.4 Å². The second-order valence-corrected chi connectivity index (χ2v) is 9.21. The molecule has 1 rings (SSSR count). The van der Waals surface area contributed by atoms with E-state index in [9.17, 15) is 14.4 Å². The summed E-state index contributed by atoms with van der Waals surface area (Å²) in [4.78, 5) is 35.3. The fraction of sp³-hybridized carbons (Fsp3) is 0.567. The molecule has 0 aromatic heterocycles. The Morgan fingerprint density at radius 3 is 1.81 bits per heavy atom. The largest absolute Gasteiger partial charge is 0.480 e. The lowest BCUT2D eigenvalue weighted by molar-refractivity contribution is -0.142. The molecule has 0 spiro atoms. The number of nitrogens with zero attached hydrogens (tertiary/aromatic N) is 1. The predicted octanol–water partition coefficient (Wildman–Crippen LogP) is 5.69. The molecule has 0 unspecified atom stereocenters. The van der Waals surface area contributed by atoms with Gasteiger partial charge >= 0.3 is 11.9 Å². The molecule has 0 saturated carbocycles. The van der Waals surface area contributed by atoms with E-state index in [4.69, 9.17) is 10.2 Å². The van der Waals surface area contributed by atoms with Crippen LogP contribution < -0.4 is 5.32 Å². The fourth-order valence-corrected chi connectivity index (χ4v) is 3.82. The maximum absolute atomic E-state index is 12.1. The van der Waals surface area contributed by atoms with E-state index >= 15 is 0 Å².